The molecule has 0 unspecified atom stereocenters. The third-order valence-corrected chi connectivity index (χ3v) is 7.22. The Morgan fingerprint density at radius 3 is 2.42 bits per heavy atom. The summed E-state index contributed by atoms with van der Waals surface area (Å²) in [6, 6.07) is 13.3. The van der Waals surface area contributed by atoms with Gasteiger partial charge in [-0.1, -0.05) is 23.8 Å². The van der Waals surface area contributed by atoms with E-state index in [1.165, 1.54) is 34.3 Å². The van der Waals surface area contributed by atoms with Crippen LogP contribution in [0.25, 0.3) is 17.0 Å². The number of aryl methyl sites for hydroxylation is 2. The number of amides is 1. The van der Waals surface area contributed by atoms with E-state index >= 15 is 0 Å². The predicted octanol–water partition coefficient (Wildman–Crippen LogP) is 4.75. The van der Waals surface area contributed by atoms with Crippen LogP contribution in [0.4, 0.5) is 4.39 Å². The van der Waals surface area contributed by atoms with Gasteiger partial charge in [0.1, 0.15) is 5.82 Å². The molecular formula is C30H39FN4O. The normalized spacial score (nSPS) is 15.0. The average molecular weight is 491 g/mol. The number of rotatable bonds is 9. The molecule has 3 aromatic rings. The maximum Gasteiger partial charge on any atom is 0.246 e. The van der Waals surface area contributed by atoms with Gasteiger partial charge in [0.25, 0.3) is 0 Å². The van der Waals surface area contributed by atoms with Crippen LogP contribution in [0.2, 0.25) is 0 Å². The molecule has 6 heteroatoms. The number of hydrogen-bond acceptors (Lipinski definition) is 3. The van der Waals surface area contributed by atoms with Gasteiger partial charge in [0.2, 0.25) is 5.91 Å². The molecule has 1 fully saturated rings. The first kappa shape index (κ1) is 26.1. The smallest absolute Gasteiger partial charge is 0.246 e. The first-order valence-corrected chi connectivity index (χ1v) is 13.0. The second kappa shape index (κ2) is 11.8. The molecule has 4 rings (SSSR count). The Hall–Kier alpha value is -2.96. The van der Waals surface area contributed by atoms with Gasteiger partial charge >= 0.3 is 0 Å². The number of benzene rings is 2. The lowest BCUT2D eigenvalue weighted by atomic mass is 10.1. The Kier molecular flexibility index (Phi) is 8.60. The number of fused-ring (bicyclic) bond motifs is 1. The number of carbonyl (C=O) groups excluding carboxylic acids is 1. The zero-order valence-corrected chi connectivity index (χ0v) is 22.1. The summed E-state index contributed by atoms with van der Waals surface area (Å²) in [6.45, 7) is 10.4. The van der Waals surface area contributed by atoms with E-state index in [9.17, 15) is 9.18 Å². The first-order valence-electron chi connectivity index (χ1n) is 13.0. The molecule has 0 aliphatic carbocycles. The molecule has 5 nitrogen and oxygen atoms in total. The Bertz CT molecular complexity index is 1200. The number of aromatic nitrogens is 1. The van der Waals surface area contributed by atoms with Crippen molar-refractivity contribution in [3.05, 3.63) is 76.7 Å². The third kappa shape index (κ3) is 6.42. The van der Waals surface area contributed by atoms with Crippen LogP contribution < -0.4 is 0 Å². The summed E-state index contributed by atoms with van der Waals surface area (Å²) in [6.07, 6.45) is 5.75. The second-order valence-corrected chi connectivity index (χ2v) is 10.2. The van der Waals surface area contributed by atoms with Gasteiger partial charge < -0.3 is 14.4 Å². The quantitative estimate of drug-likeness (QED) is 0.406. The SMILES string of the molecule is Cc1ccc2c(c1)c(/C=C/C(=O)N1CCN(CCc3ccc(F)cc3)CC1)c(C)n2CCCN(C)C. The molecule has 0 spiro atoms. The molecule has 2 heterocycles. The molecule has 1 aliphatic heterocycles. The number of hydrogen-bond donors (Lipinski definition) is 0. The van der Waals surface area contributed by atoms with Gasteiger partial charge in [0.15, 0.2) is 0 Å². The molecule has 1 aliphatic rings. The van der Waals surface area contributed by atoms with Crippen molar-refractivity contribution in [1.29, 1.82) is 0 Å². The molecule has 192 valence electrons. The molecule has 1 aromatic heterocycles. The molecule has 0 atom stereocenters. The largest absolute Gasteiger partial charge is 0.344 e. The fourth-order valence-electron chi connectivity index (χ4n) is 5.06. The lowest BCUT2D eigenvalue weighted by Crippen LogP contribution is -2.48. The van der Waals surface area contributed by atoms with E-state index in [-0.39, 0.29) is 11.7 Å². The fraction of sp³-hybridized carbons (Fsp3) is 0.433. The molecule has 0 bridgehead atoms. The van der Waals surface area contributed by atoms with Crippen molar-refractivity contribution in [3.63, 3.8) is 0 Å². The molecule has 0 radical (unpaired) electrons. The van der Waals surface area contributed by atoms with Gasteiger partial charge in [-0.2, -0.15) is 0 Å². The van der Waals surface area contributed by atoms with Gasteiger partial charge in [-0.3, -0.25) is 9.69 Å². The molecule has 1 saturated heterocycles. The summed E-state index contributed by atoms with van der Waals surface area (Å²) in [5.41, 5.74) is 5.96. The standard InChI is InChI=1S/C30H39FN4O/c1-23-6-12-29-28(22-23)27(24(2)35(29)16-5-15-32(3)4)11-13-30(36)34-20-18-33(19-21-34)17-14-25-7-9-26(31)10-8-25/h6-13,22H,5,14-21H2,1-4H3/b13-11+. The van der Waals surface area contributed by atoms with Crippen LogP contribution >= 0.6 is 0 Å². The summed E-state index contributed by atoms with van der Waals surface area (Å²) in [5.74, 6) is -0.119. The number of piperazine rings is 1. The number of halogens is 1. The highest BCUT2D eigenvalue weighted by molar-refractivity contribution is 5.97. The zero-order chi connectivity index (χ0) is 25.7. The second-order valence-electron chi connectivity index (χ2n) is 10.2. The van der Waals surface area contributed by atoms with Crippen molar-refractivity contribution in [2.45, 2.75) is 33.2 Å². The van der Waals surface area contributed by atoms with Crippen molar-refractivity contribution in [2.24, 2.45) is 0 Å². The van der Waals surface area contributed by atoms with E-state index in [0.717, 1.165) is 69.8 Å². The Morgan fingerprint density at radius 2 is 1.72 bits per heavy atom. The predicted molar refractivity (Wildman–Crippen MR) is 147 cm³/mol. The van der Waals surface area contributed by atoms with Crippen LogP contribution in [0, 0.1) is 19.7 Å². The Balaban J connectivity index is 1.38. The van der Waals surface area contributed by atoms with Gasteiger partial charge in [-0.15, -0.1) is 0 Å². The van der Waals surface area contributed by atoms with E-state index in [1.54, 1.807) is 6.08 Å². The lowest BCUT2D eigenvalue weighted by molar-refractivity contribution is -0.127. The molecule has 0 saturated carbocycles. The summed E-state index contributed by atoms with van der Waals surface area (Å²) in [5, 5.41) is 1.21. The maximum absolute atomic E-state index is 13.1. The number of carbonyl (C=O) groups is 1. The van der Waals surface area contributed by atoms with Gasteiger partial charge in [-0.25, -0.2) is 4.39 Å². The average Bonchev–Trinajstić information content (AvgIpc) is 3.12. The van der Waals surface area contributed by atoms with Gasteiger partial charge in [-0.05, 0) is 83.2 Å². The summed E-state index contributed by atoms with van der Waals surface area (Å²) in [4.78, 5) is 19.6. The molecule has 1 amide bonds. The number of nitrogens with zero attached hydrogens (tertiary/aromatic N) is 4. The first-order chi connectivity index (χ1) is 17.3. The minimum absolute atomic E-state index is 0.0775. The third-order valence-electron chi connectivity index (χ3n) is 7.22. The van der Waals surface area contributed by atoms with Gasteiger partial charge in [0.05, 0.1) is 0 Å². The minimum Gasteiger partial charge on any atom is -0.344 e. The van der Waals surface area contributed by atoms with Crippen molar-refractivity contribution in [3.8, 4) is 0 Å². The zero-order valence-electron chi connectivity index (χ0n) is 22.1. The van der Waals surface area contributed by atoms with E-state index in [0.29, 0.717) is 0 Å². The molecular weight excluding hydrogens is 451 g/mol. The monoisotopic (exact) mass is 490 g/mol. The van der Waals surface area contributed by atoms with Crippen LogP contribution in [0.3, 0.4) is 0 Å². The van der Waals surface area contributed by atoms with Crippen molar-refractivity contribution in [2.75, 3.05) is 53.4 Å². The van der Waals surface area contributed by atoms with Crippen molar-refractivity contribution in [1.82, 2.24) is 19.3 Å². The van der Waals surface area contributed by atoms with E-state index in [4.69, 9.17) is 0 Å². The van der Waals surface area contributed by atoms with Crippen LogP contribution in [-0.4, -0.2) is 78.5 Å². The Labute approximate surface area is 214 Å². The highest BCUT2D eigenvalue weighted by atomic mass is 19.1. The summed E-state index contributed by atoms with van der Waals surface area (Å²) < 4.78 is 15.5. The highest BCUT2D eigenvalue weighted by Gasteiger charge is 2.20. The summed E-state index contributed by atoms with van der Waals surface area (Å²) in [7, 11) is 4.21. The van der Waals surface area contributed by atoms with E-state index < -0.39 is 0 Å². The van der Waals surface area contributed by atoms with Crippen LogP contribution in [0.1, 0.15) is 28.8 Å². The Morgan fingerprint density at radius 1 is 1.00 bits per heavy atom. The van der Waals surface area contributed by atoms with Crippen LogP contribution in [-0.2, 0) is 17.8 Å². The van der Waals surface area contributed by atoms with Crippen LogP contribution in [0.15, 0.2) is 48.5 Å². The minimum atomic E-state index is -0.196. The van der Waals surface area contributed by atoms with E-state index in [1.807, 2.05) is 23.1 Å². The van der Waals surface area contributed by atoms with Crippen LogP contribution in [0.5, 0.6) is 0 Å². The maximum atomic E-state index is 13.1. The topological polar surface area (TPSA) is 31.7 Å². The van der Waals surface area contributed by atoms with Gasteiger partial charge in [0, 0.05) is 67.5 Å². The fourth-order valence-corrected chi connectivity index (χ4v) is 5.06. The molecule has 0 N–H and O–H groups in total. The lowest BCUT2D eigenvalue weighted by Gasteiger charge is -2.34. The highest BCUT2D eigenvalue weighted by Crippen LogP contribution is 2.28. The summed E-state index contributed by atoms with van der Waals surface area (Å²) >= 11 is 0. The molecule has 2 aromatic carbocycles. The molecule has 36 heavy (non-hydrogen) atoms. The van der Waals surface area contributed by atoms with Crippen molar-refractivity contribution < 1.29 is 9.18 Å². The van der Waals surface area contributed by atoms with Crippen molar-refractivity contribution >= 4 is 22.9 Å². The van der Waals surface area contributed by atoms with E-state index in [2.05, 4.69) is 60.5 Å².